The van der Waals surface area contributed by atoms with Crippen LogP contribution < -0.4 is 10.6 Å². The van der Waals surface area contributed by atoms with Crippen LogP contribution in [0.3, 0.4) is 0 Å². The zero-order valence-corrected chi connectivity index (χ0v) is 13.2. The lowest BCUT2D eigenvalue weighted by Crippen LogP contribution is -2.33. The van der Waals surface area contributed by atoms with E-state index in [0.717, 1.165) is 12.8 Å². The SMILES string of the molecule is CCCCCCCC(=O)NC(=S)Nc1ccc(Cl)nc1. The van der Waals surface area contributed by atoms with Crippen LogP contribution in [0.1, 0.15) is 45.4 Å². The molecule has 110 valence electrons. The first-order valence-electron chi connectivity index (χ1n) is 6.84. The van der Waals surface area contributed by atoms with Crippen molar-refractivity contribution >= 4 is 40.5 Å². The molecule has 0 aliphatic carbocycles. The van der Waals surface area contributed by atoms with Crippen LogP contribution in [0.5, 0.6) is 0 Å². The quantitative estimate of drug-likeness (QED) is 0.455. The highest BCUT2D eigenvalue weighted by atomic mass is 35.5. The number of anilines is 1. The molecule has 0 atom stereocenters. The van der Waals surface area contributed by atoms with Crippen molar-refractivity contribution < 1.29 is 4.79 Å². The van der Waals surface area contributed by atoms with Gasteiger partial charge in [0.25, 0.3) is 0 Å². The zero-order chi connectivity index (χ0) is 14.8. The van der Waals surface area contributed by atoms with E-state index < -0.39 is 0 Å². The van der Waals surface area contributed by atoms with Gasteiger partial charge in [0, 0.05) is 6.42 Å². The number of halogens is 1. The zero-order valence-electron chi connectivity index (χ0n) is 11.6. The second-order valence-corrected chi connectivity index (χ2v) is 5.33. The molecule has 6 heteroatoms. The molecule has 1 rings (SSSR count). The normalized spacial score (nSPS) is 10.1. The fourth-order valence-electron chi connectivity index (χ4n) is 1.69. The summed E-state index contributed by atoms with van der Waals surface area (Å²) in [7, 11) is 0. The third kappa shape index (κ3) is 7.40. The lowest BCUT2D eigenvalue weighted by atomic mass is 10.1. The lowest BCUT2D eigenvalue weighted by Gasteiger charge is -2.09. The fraction of sp³-hybridized carbons (Fsp3) is 0.500. The van der Waals surface area contributed by atoms with E-state index >= 15 is 0 Å². The van der Waals surface area contributed by atoms with Crippen LogP contribution in [0.2, 0.25) is 5.15 Å². The molecule has 0 aliphatic heterocycles. The maximum Gasteiger partial charge on any atom is 0.226 e. The van der Waals surface area contributed by atoms with Gasteiger partial charge in [-0.25, -0.2) is 4.98 Å². The third-order valence-electron chi connectivity index (χ3n) is 2.75. The van der Waals surface area contributed by atoms with Gasteiger partial charge in [0.05, 0.1) is 11.9 Å². The number of aromatic nitrogens is 1. The maximum atomic E-state index is 11.7. The molecule has 0 unspecified atom stereocenters. The van der Waals surface area contributed by atoms with E-state index in [2.05, 4.69) is 22.5 Å². The van der Waals surface area contributed by atoms with Crippen LogP contribution in [-0.4, -0.2) is 16.0 Å². The molecular weight excluding hydrogens is 294 g/mol. The highest BCUT2D eigenvalue weighted by Crippen LogP contribution is 2.09. The Morgan fingerprint density at radius 3 is 2.70 bits per heavy atom. The van der Waals surface area contributed by atoms with Crippen LogP contribution in [-0.2, 0) is 4.79 Å². The Hall–Kier alpha value is -1.20. The van der Waals surface area contributed by atoms with E-state index in [4.69, 9.17) is 23.8 Å². The molecular formula is C14H20ClN3OS. The van der Waals surface area contributed by atoms with Gasteiger partial charge in [-0.1, -0.05) is 44.2 Å². The number of thiocarbonyl (C=S) groups is 1. The number of unbranched alkanes of at least 4 members (excludes halogenated alkanes) is 4. The molecule has 0 aromatic carbocycles. The van der Waals surface area contributed by atoms with Gasteiger partial charge in [0.1, 0.15) is 5.15 Å². The van der Waals surface area contributed by atoms with Crippen molar-refractivity contribution in [3.8, 4) is 0 Å². The number of pyridine rings is 1. The first kappa shape index (κ1) is 16.9. The predicted molar refractivity (Wildman–Crippen MR) is 87.0 cm³/mol. The molecule has 1 amide bonds. The van der Waals surface area contributed by atoms with E-state index in [1.165, 1.54) is 19.3 Å². The molecule has 20 heavy (non-hydrogen) atoms. The number of nitrogens with zero attached hydrogens (tertiary/aromatic N) is 1. The van der Waals surface area contributed by atoms with Crippen LogP contribution >= 0.6 is 23.8 Å². The smallest absolute Gasteiger partial charge is 0.226 e. The molecule has 1 heterocycles. The summed E-state index contributed by atoms with van der Waals surface area (Å²) in [5.41, 5.74) is 0.697. The third-order valence-corrected chi connectivity index (χ3v) is 3.17. The summed E-state index contributed by atoms with van der Waals surface area (Å²) in [5, 5.41) is 6.24. The average molecular weight is 314 g/mol. The largest absolute Gasteiger partial charge is 0.331 e. The van der Waals surface area contributed by atoms with Gasteiger partial charge < -0.3 is 10.6 Å². The van der Waals surface area contributed by atoms with Crippen molar-refractivity contribution in [1.29, 1.82) is 0 Å². The number of amides is 1. The van der Waals surface area contributed by atoms with E-state index in [9.17, 15) is 4.79 Å². The van der Waals surface area contributed by atoms with E-state index in [1.807, 2.05) is 0 Å². The van der Waals surface area contributed by atoms with Gasteiger partial charge in [-0.2, -0.15) is 0 Å². The molecule has 4 nitrogen and oxygen atoms in total. The average Bonchev–Trinajstić information content (AvgIpc) is 2.41. The summed E-state index contributed by atoms with van der Waals surface area (Å²) in [6.07, 6.45) is 7.67. The Labute approximate surface area is 130 Å². The molecule has 0 saturated heterocycles. The first-order chi connectivity index (χ1) is 9.61. The standard InChI is InChI=1S/C14H20ClN3OS/c1-2-3-4-5-6-7-13(19)18-14(20)17-11-8-9-12(15)16-10-11/h8-10H,2-7H2,1H3,(H2,17,18,19,20). The Morgan fingerprint density at radius 2 is 2.05 bits per heavy atom. The van der Waals surface area contributed by atoms with Crippen LogP contribution in [0.25, 0.3) is 0 Å². The van der Waals surface area contributed by atoms with Gasteiger partial charge in [0.2, 0.25) is 5.91 Å². The molecule has 0 saturated carbocycles. The molecule has 0 fully saturated rings. The van der Waals surface area contributed by atoms with E-state index in [1.54, 1.807) is 18.3 Å². The Kier molecular flexibility index (Phi) is 8.14. The molecule has 1 aromatic rings. The predicted octanol–water partition coefficient (Wildman–Crippen LogP) is 3.91. The van der Waals surface area contributed by atoms with Crippen molar-refractivity contribution in [2.75, 3.05) is 5.32 Å². The minimum Gasteiger partial charge on any atom is -0.331 e. The van der Waals surface area contributed by atoms with E-state index in [0.29, 0.717) is 17.3 Å². The topological polar surface area (TPSA) is 54.0 Å². The number of carbonyl (C=O) groups excluding carboxylic acids is 1. The van der Waals surface area contributed by atoms with Crippen LogP contribution in [0, 0.1) is 0 Å². The van der Waals surface area contributed by atoms with Crippen LogP contribution in [0.4, 0.5) is 5.69 Å². The van der Waals surface area contributed by atoms with Crippen LogP contribution in [0.15, 0.2) is 18.3 Å². The van der Waals surface area contributed by atoms with E-state index in [-0.39, 0.29) is 11.0 Å². The summed E-state index contributed by atoms with van der Waals surface area (Å²) in [6.45, 7) is 2.17. The Bertz CT molecular complexity index is 437. The van der Waals surface area contributed by atoms with Gasteiger partial charge >= 0.3 is 0 Å². The van der Waals surface area contributed by atoms with Gasteiger partial charge in [0.15, 0.2) is 5.11 Å². The van der Waals surface area contributed by atoms with Crippen molar-refractivity contribution in [3.05, 3.63) is 23.5 Å². The minimum absolute atomic E-state index is 0.0547. The molecule has 1 aromatic heterocycles. The second kappa shape index (κ2) is 9.66. The van der Waals surface area contributed by atoms with Crippen molar-refractivity contribution in [3.63, 3.8) is 0 Å². The monoisotopic (exact) mass is 313 g/mol. The minimum atomic E-state index is -0.0547. The highest BCUT2D eigenvalue weighted by Gasteiger charge is 2.04. The number of hydrogen-bond donors (Lipinski definition) is 2. The number of hydrogen-bond acceptors (Lipinski definition) is 3. The van der Waals surface area contributed by atoms with Crippen molar-refractivity contribution in [1.82, 2.24) is 10.3 Å². The Balaban J connectivity index is 2.21. The molecule has 0 aliphatic rings. The van der Waals surface area contributed by atoms with Crippen molar-refractivity contribution in [2.24, 2.45) is 0 Å². The second-order valence-electron chi connectivity index (χ2n) is 4.54. The summed E-state index contributed by atoms with van der Waals surface area (Å²) in [6, 6.07) is 3.40. The number of carbonyl (C=O) groups is 1. The van der Waals surface area contributed by atoms with Gasteiger partial charge in [-0.15, -0.1) is 0 Å². The van der Waals surface area contributed by atoms with Crippen molar-refractivity contribution in [2.45, 2.75) is 45.4 Å². The summed E-state index contributed by atoms with van der Waals surface area (Å²) in [4.78, 5) is 15.6. The molecule has 0 spiro atoms. The maximum absolute atomic E-state index is 11.7. The Morgan fingerprint density at radius 1 is 1.30 bits per heavy atom. The van der Waals surface area contributed by atoms with Gasteiger partial charge in [-0.05, 0) is 30.8 Å². The number of nitrogens with one attached hydrogen (secondary N) is 2. The summed E-state index contributed by atoms with van der Waals surface area (Å²) in [5.74, 6) is -0.0547. The molecule has 0 radical (unpaired) electrons. The fourth-order valence-corrected chi connectivity index (χ4v) is 2.03. The first-order valence-corrected chi connectivity index (χ1v) is 7.63. The summed E-state index contributed by atoms with van der Waals surface area (Å²) >= 11 is 10.7. The highest BCUT2D eigenvalue weighted by molar-refractivity contribution is 7.80. The summed E-state index contributed by atoms with van der Waals surface area (Å²) < 4.78 is 0. The lowest BCUT2D eigenvalue weighted by molar-refractivity contribution is -0.119. The van der Waals surface area contributed by atoms with Gasteiger partial charge in [-0.3, -0.25) is 4.79 Å². The number of rotatable bonds is 7. The molecule has 0 bridgehead atoms. The molecule has 2 N–H and O–H groups in total.